The van der Waals surface area contributed by atoms with Crippen LogP contribution < -0.4 is 10.6 Å². The summed E-state index contributed by atoms with van der Waals surface area (Å²) in [5.74, 6) is -1.29. The number of hydrogen-bond donors (Lipinski definition) is 2. The molecule has 22 heavy (non-hydrogen) atoms. The molecule has 6 heteroatoms. The van der Waals surface area contributed by atoms with Crippen LogP contribution in [-0.4, -0.2) is 29.6 Å². The summed E-state index contributed by atoms with van der Waals surface area (Å²) in [7, 11) is 0. The molecule has 0 aromatic heterocycles. The van der Waals surface area contributed by atoms with Crippen LogP contribution in [0.5, 0.6) is 0 Å². The molecule has 3 amide bonds. The van der Waals surface area contributed by atoms with Crippen molar-refractivity contribution in [2.45, 2.75) is 46.3 Å². The van der Waals surface area contributed by atoms with Crippen LogP contribution in [0.15, 0.2) is 24.3 Å². The van der Waals surface area contributed by atoms with Gasteiger partial charge in [-0.05, 0) is 46.8 Å². The number of amides is 3. The van der Waals surface area contributed by atoms with Crippen molar-refractivity contribution in [1.29, 1.82) is 0 Å². The Morgan fingerprint density at radius 2 is 1.82 bits per heavy atom. The van der Waals surface area contributed by atoms with Gasteiger partial charge in [-0.3, -0.25) is 10.1 Å². The van der Waals surface area contributed by atoms with Crippen LogP contribution in [0.25, 0.3) is 0 Å². The van der Waals surface area contributed by atoms with Crippen molar-refractivity contribution in [3.8, 4) is 0 Å². The minimum Gasteiger partial charge on any atom is -0.449 e. The lowest BCUT2D eigenvalue weighted by Gasteiger charge is -2.21. The van der Waals surface area contributed by atoms with Gasteiger partial charge >= 0.3 is 12.0 Å². The molecule has 0 aliphatic heterocycles. The fourth-order valence-corrected chi connectivity index (χ4v) is 1.64. The Morgan fingerprint density at radius 1 is 1.18 bits per heavy atom. The first kappa shape index (κ1) is 17.7. The maximum atomic E-state index is 11.9. The van der Waals surface area contributed by atoms with E-state index >= 15 is 0 Å². The molecule has 1 unspecified atom stereocenters. The van der Waals surface area contributed by atoms with Crippen LogP contribution >= 0.6 is 0 Å². The minimum atomic E-state index is -1.07. The van der Waals surface area contributed by atoms with E-state index in [4.69, 9.17) is 4.74 Å². The highest BCUT2D eigenvalue weighted by Crippen LogP contribution is 2.07. The van der Waals surface area contributed by atoms with Gasteiger partial charge in [-0.1, -0.05) is 17.7 Å². The summed E-state index contributed by atoms with van der Waals surface area (Å²) in [6.07, 6.45) is -1.07. The van der Waals surface area contributed by atoms with Crippen molar-refractivity contribution in [1.82, 2.24) is 10.6 Å². The molecule has 0 spiro atoms. The number of imide groups is 1. The standard InChI is InChI=1S/C16H22N2O4/c1-10-7-6-8-12(9-10)14(20)22-11(2)13(19)17-15(21)18-16(3,4)5/h6-9,11H,1-5H3,(H2,17,18,19,21). The van der Waals surface area contributed by atoms with Crippen LogP contribution in [0.1, 0.15) is 43.6 Å². The quantitative estimate of drug-likeness (QED) is 0.838. The van der Waals surface area contributed by atoms with Gasteiger partial charge < -0.3 is 10.1 Å². The Kier molecular flexibility index (Phi) is 5.68. The second-order valence-corrected chi connectivity index (χ2v) is 6.11. The van der Waals surface area contributed by atoms with Gasteiger partial charge in [0.2, 0.25) is 0 Å². The number of ether oxygens (including phenoxy) is 1. The summed E-state index contributed by atoms with van der Waals surface area (Å²) in [4.78, 5) is 35.3. The van der Waals surface area contributed by atoms with Crippen molar-refractivity contribution in [2.24, 2.45) is 0 Å². The third kappa shape index (κ3) is 5.95. The number of nitrogens with one attached hydrogen (secondary N) is 2. The molecule has 0 aliphatic rings. The van der Waals surface area contributed by atoms with E-state index in [1.807, 2.05) is 13.0 Å². The number of rotatable bonds is 3. The normalized spacial score (nSPS) is 12.2. The summed E-state index contributed by atoms with van der Waals surface area (Å²) >= 11 is 0. The summed E-state index contributed by atoms with van der Waals surface area (Å²) in [6.45, 7) is 8.63. The zero-order valence-electron chi connectivity index (χ0n) is 13.5. The van der Waals surface area contributed by atoms with Gasteiger partial charge in [0.25, 0.3) is 5.91 Å². The fraction of sp³-hybridized carbons (Fsp3) is 0.438. The molecule has 1 rings (SSSR count). The maximum absolute atomic E-state index is 11.9. The molecule has 2 N–H and O–H groups in total. The number of benzene rings is 1. The predicted molar refractivity (Wildman–Crippen MR) is 82.5 cm³/mol. The first-order valence-corrected chi connectivity index (χ1v) is 6.99. The molecule has 1 aromatic carbocycles. The minimum absolute atomic E-state index is 0.360. The number of carbonyl (C=O) groups is 3. The first-order chi connectivity index (χ1) is 10.1. The van der Waals surface area contributed by atoms with Crippen molar-refractivity contribution in [3.05, 3.63) is 35.4 Å². The molecular formula is C16H22N2O4. The summed E-state index contributed by atoms with van der Waals surface area (Å²) < 4.78 is 5.05. The van der Waals surface area contributed by atoms with Crippen molar-refractivity contribution < 1.29 is 19.1 Å². The topological polar surface area (TPSA) is 84.5 Å². The molecule has 120 valence electrons. The molecule has 1 aromatic rings. The molecule has 0 saturated carbocycles. The molecule has 0 saturated heterocycles. The van der Waals surface area contributed by atoms with Gasteiger partial charge in [-0.2, -0.15) is 0 Å². The fourth-order valence-electron chi connectivity index (χ4n) is 1.64. The smallest absolute Gasteiger partial charge is 0.338 e. The molecule has 0 heterocycles. The van der Waals surface area contributed by atoms with E-state index < -0.39 is 29.6 Å². The number of carbonyl (C=O) groups excluding carboxylic acids is 3. The first-order valence-electron chi connectivity index (χ1n) is 6.99. The Morgan fingerprint density at radius 3 is 2.36 bits per heavy atom. The zero-order valence-corrected chi connectivity index (χ0v) is 13.5. The Balaban J connectivity index is 2.57. The number of aryl methyl sites for hydroxylation is 1. The molecular weight excluding hydrogens is 284 g/mol. The van der Waals surface area contributed by atoms with Gasteiger partial charge in [0.15, 0.2) is 6.10 Å². The van der Waals surface area contributed by atoms with Gasteiger partial charge in [0, 0.05) is 5.54 Å². The highest BCUT2D eigenvalue weighted by molar-refractivity contribution is 5.98. The monoisotopic (exact) mass is 306 g/mol. The average Bonchev–Trinajstić information content (AvgIpc) is 2.36. The number of hydrogen-bond acceptors (Lipinski definition) is 4. The van der Waals surface area contributed by atoms with Crippen molar-refractivity contribution >= 4 is 17.9 Å². The van der Waals surface area contributed by atoms with Gasteiger partial charge in [-0.25, -0.2) is 9.59 Å². The average molecular weight is 306 g/mol. The van der Waals surface area contributed by atoms with E-state index in [0.717, 1.165) is 5.56 Å². The Labute approximate surface area is 130 Å². The SMILES string of the molecule is Cc1cccc(C(=O)OC(C)C(=O)NC(=O)NC(C)(C)C)c1. The molecule has 0 bridgehead atoms. The van der Waals surface area contributed by atoms with Gasteiger partial charge in [0.1, 0.15) is 0 Å². The molecule has 0 radical (unpaired) electrons. The van der Waals surface area contributed by atoms with E-state index in [2.05, 4.69) is 10.6 Å². The zero-order chi connectivity index (χ0) is 16.9. The summed E-state index contributed by atoms with van der Waals surface area (Å²) in [5.41, 5.74) is 0.807. The number of esters is 1. The Bertz CT molecular complexity index is 576. The van der Waals surface area contributed by atoms with Crippen molar-refractivity contribution in [2.75, 3.05) is 0 Å². The highest BCUT2D eigenvalue weighted by atomic mass is 16.5. The third-order valence-electron chi connectivity index (χ3n) is 2.63. The lowest BCUT2D eigenvalue weighted by Crippen LogP contribution is -2.50. The maximum Gasteiger partial charge on any atom is 0.338 e. The van der Waals surface area contributed by atoms with Crippen LogP contribution in [0.2, 0.25) is 0 Å². The van der Waals surface area contributed by atoms with E-state index in [0.29, 0.717) is 5.56 Å². The van der Waals surface area contributed by atoms with Crippen LogP contribution in [0, 0.1) is 6.92 Å². The van der Waals surface area contributed by atoms with E-state index in [-0.39, 0.29) is 0 Å². The Hall–Kier alpha value is -2.37. The number of urea groups is 1. The second-order valence-electron chi connectivity index (χ2n) is 6.11. The molecule has 0 fully saturated rings. The summed E-state index contributed by atoms with van der Waals surface area (Å²) in [6, 6.07) is 6.22. The van der Waals surface area contributed by atoms with Gasteiger partial charge in [-0.15, -0.1) is 0 Å². The van der Waals surface area contributed by atoms with Crippen LogP contribution in [-0.2, 0) is 9.53 Å². The predicted octanol–water partition coefficient (Wildman–Crippen LogP) is 2.16. The molecule has 6 nitrogen and oxygen atoms in total. The highest BCUT2D eigenvalue weighted by Gasteiger charge is 2.22. The van der Waals surface area contributed by atoms with E-state index in [1.54, 1.807) is 39.0 Å². The second kappa shape index (κ2) is 7.06. The van der Waals surface area contributed by atoms with E-state index in [9.17, 15) is 14.4 Å². The van der Waals surface area contributed by atoms with Gasteiger partial charge in [0.05, 0.1) is 5.56 Å². The molecule has 0 aliphatic carbocycles. The van der Waals surface area contributed by atoms with Crippen LogP contribution in [0.4, 0.5) is 4.79 Å². The third-order valence-corrected chi connectivity index (χ3v) is 2.63. The summed E-state index contributed by atoms with van der Waals surface area (Å²) in [5, 5.41) is 4.72. The largest absolute Gasteiger partial charge is 0.449 e. The van der Waals surface area contributed by atoms with Crippen molar-refractivity contribution in [3.63, 3.8) is 0 Å². The lowest BCUT2D eigenvalue weighted by molar-refractivity contribution is -0.127. The molecule has 1 atom stereocenters. The lowest BCUT2D eigenvalue weighted by atomic mass is 10.1. The van der Waals surface area contributed by atoms with Crippen LogP contribution in [0.3, 0.4) is 0 Å². The van der Waals surface area contributed by atoms with E-state index in [1.165, 1.54) is 6.92 Å².